The summed E-state index contributed by atoms with van der Waals surface area (Å²) in [6.07, 6.45) is 1.97. The molecule has 3 heteroatoms. The Morgan fingerprint density at radius 2 is 1.94 bits per heavy atom. The van der Waals surface area contributed by atoms with E-state index < -0.39 is 0 Å². The Morgan fingerprint density at radius 3 is 2.75 bits per heavy atom. The van der Waals surface area contributed by atoms with Crippen molar-refractivity contribution in [2.75, 3.05) is 0 Å². The van der Waals surface area contributed by atoms with Crippen LogP contribution >= 0.6 is 0 Å². The fourth-order valence-corrected chi connectivity index (χ4v) is 2.18. The fraction of sp³-hybridized carbons (Fsp3) is 0.231. The molecule has 3 nitrogen and oxygen atoms in total. The Labute approximate surface area is 93.5 Å². The smallest absolute Gasteiger partial charge is 0.137 e. The second kappa shape index (κ2) is 3.59. The Bertz CT molecular complexity index is 528. The van der Waals surface area contributed by atoms with Crippen molar-refractivity contribution in [3.63, 3.8) is 0 Å². The van der Waals surface area contributed by atoms with Crippen LogP contribution in [-0.2, 0) is 17.6 Å². The van der Waals surface area contributed by atoms with Gasteiger partial charge in [0.2, 0.25) is 0 Å². The molecule has 0 spiro atoms. The molecule has 0 saturated heterocycles. The van der Waals surface area contributed by atoms with Crippen molar-refractivity contribution >= 4 is 5.78 Å². The molecule has 1 N–H and O–H groups in total. The number of carbonyl (C=O) groups excluding carboxylic acids is 1. The van der Waals surface area contributed by atoms with Crippen LogP contribution in [0.2, 0.25) is 0 Å². The van der Waals surface area contributed by atoms with Gasteiger partial charge in [0.05, 0.1) is 5.69 Å². The Kier molecular flexibility index (Phi) is 2.10. The molecule has 80 valence electrons. The zero-order valence-corrected chi connectivity index (χ0v) is 8.86. The first-order valence-electron chi connectivity index (χ1n) is 5.48. The summed E-state index contributed by atoms with van der Waals surface area (Å²) in [6.45, 7) is 0. The third-order valence-corrected chi connectivity index (χ3v) is 3.03. The van der Waals surface area contributed by atoms with Gasteiger partial charge in [-0.15, -0.1) is 0 Å². The van der Waals surface area contributed by atoms with Gasteiger partial charge < -0.3 is 0 Å². The van der Waals surface area contributed by atoms with Crippen LogP contribution in [0.15, 0.2) is 30.3 Å². The van der Waals surface area contributed by atoms with Gasteiger partial charge in [0.1, 0.15) is 5.78 Å². The van der Waals surface area contributed by atoms with E-state index in [0.29, 0.717) is 18.6 Å². The lowest BCUT2D eigenvalue weighted by Gasteiger charge is -2.10. The number of aryl methyl sites for hydroxylation is 1. The highest BCUT2D eigenvalue weighted by Crippen LogP contribution is 2.27. The standard InChI is InChI=1S/C13H12N2O/c16-10-6-7-12-11(8-10)13(15-14-12)9-4-2-1-3-5-9/h1-5H,6-8H2,(H,14,15). The van der Waals surface area contributed by atoms with Crippen molar-refractivity contribution in [1.29, 1.82) is 0 Å². The van der Waals surface area contributed by atoms with Gasteiger partial charge >= 0.3 is 0 Å². The third kappa shape index (κ3) is 1.45. The van der Waals surface area contributed by atoms with Gasteiger partial charge in [-0.3, -0.25) is 9.89 Å². The normalized spacial score (nSPS) is 14.9. The lowest BCUT2D eigenvalue weighted by atomic mass is 9.93. The second-order valence-electron chi connectivity index (χ2n) is 4.11. The predicted octanol–water partition coefficient (Wildman–Crippen LogP) is 2.13. The summed E-state index contributed by atoms with van der Waals surface area (Å²) in [5.74, 6) is 0.311. The molecule has 0 saturated carbocycles. The number of ketones is 1. The van der Waals surface area contributed by atoms with Crippen LogP contribution in [0.3, 0.4) is 0 Å². The summed E-state index contributed by atoms with van der Waals surface area (Å²) >= 11 is 0. The maximum absolute atomic E-state index is 11.5. The van der Waals surface area contributed by atoms with E-state index in [1.54, 1.807) is 0 Å². The molecule has 0 bridgehead atoms. The topological polar surface area (TPSA) is 45.8 Å². The maximum atomic E-state index is 11.5. The van der Waals surface area contributed by atoms with Gasteiger partial charge in [0, 0.05) is 29.7 Å². The summed E-state index contributed by atoms with van der Waals surface area (Å²) in [7, 11) is 0. The van der Waals surface area contributed by atoms with Crippen LogP contribution in [0, 0.1) is 0 Å². The molecule has 1 aliphatic rings. The Hall–Kier alpha value is -1.90. The average molecular weight is 212 g/mol. The summed E-state index contributed by atoms with van der Waals surface area (Å²) in [5.41, 5.74) is 4.22. The highest BCUT2D eigenvalue weighted by Gasteiger charge is 2.21. The van der Waals surface area contributed by atoms with E-state index in [9.17, 15) is 4.79 Å². The van der Waals surface area contributed by atoms with Gasteiger partial charge in [0.15, 0.2) is 0 Å². The first-order valence-corrected chi connectivity index (χ1v) is 5.48. The van der Waals surface area contributed by atoms with E-state index in [4.69, 9.17) is 0 Å². The molecule has 0 aliphatic heterocycles. The van der Waals surface area contributed by atoms with Gasteiger partial charge in [-0.2, -0.15) is 5.10 Å². The number of H-pyrrole nitrogens is 1. The number of aromatic nitrogens is 2. The quantitative estimate of drug-likeness (QED) is 0.787. The zero-order chi connectivity index (χ0) is 11.0. The number of nitrogens with zero attached hydrogens (tertiary/aromatic N) is 1. The molecule has 2 aromatic rings. The van der Waals surface area contributed by atoms with Crippen LogP contribution < -0.4 is 0 Å². The van der Waals surface area contributed by atoms with Gasteiger partial charge in [-0.1, -0.05) is 30.3 Å². The van der Waals surface area contributed by atoms with Crippen LogP contribution in [0.25, 0.3) is 11.3 Å². The number of rotatable bonds is 1. The first kappa shape index (κ1) is 9.33. The van der Waals surface area contributed by atoms with Crippen LogP contribution in [0.5, 0.6) is 0 Å². The lowest BCUT2D eigenvalue weighted by Crippen LogP contribution is -2.12. The van der Waals surface area contributed by atoms with Crippen molar-refractivity contribution in [3.8, 4) is 11.3 Å². The number of Topliss-reactive ketones (excluding diaryl/α,β-unsaturated/α-hetero) is 1. The molecule has 0 atom stereocenters. The molecule has 0 fully saturated rings. The minimum absolute atomic E-state index is 0.311. The molecule has 3 rings (SSSR count). The molecular weight excluding hydrogens is 200 g/mol. The predicted molar refractivity (Wildman–Crippen MR) is 61.1 cm³/mol. The Balaban J connectivity index is 2.10. The Morgan fingerprint density at radius 1 is 1.12 bits per heavy atom. The van der Waals surface area contributed by atoms with Crippen LogP contribution in [0.4, 0.5) is 0 Å². The molecule has 1 aromatic heterocycles. The van der Waals surface area contributed by atoms with Crippen molar-refractivity contribution in [2.24, 2.45) is 0 Å². The van der Waals surface area contributed by atoms with Gasteiger partial charge in [0.25, 0.3) is 0 Å². The molecule has 0 amide bonds. The zero-order valence-electron chi connectivity index (χ0n) is 8.86. The van der Waals surface area contributed by atoms with E-state index in [0.717, 1.165) is 28.9 Å². The highest BCUT2D eigenvalue weighted by molar-refractivity contribution is 5.85. The summed E-state index contributed by atoms with van der Waals surface area (Å²) < 4.78 is 0. The number of hydrogen-bond acceptors (Lipinski definition) is 2. The van der Waals surface area contributed by atoms with E-state index in [1.165, 1.54) is 0 Å². The number of nitrogens with one attached hydrogen (secondary N) is 1. The lowest BCUT2D eigenvalue weighted by molar-refractivity contribution is -0.118. The van der Waals surface area contributed by atoms with E-state index in [2.05, 4.69) is 10.2 Å². The number of hydrogen-bond donors (Lipinski definition) is 1. The third-order valence-electron chi connectivity index (χ3n) is 3.03. The number of fused-ring (bicyclic) bond motifs is 1. The first-order chi connectivity index (χ1) is 7.84. The van der Waals surface area contributed by atoms with Crippen molar-refractivity contribution < 1.29 is 4.79 Å². The minimum Gasteiger partial charge on any atom is -0.299 e. The van der Waals surface area contributed by atoms with E-state index >= 15 is 0 Å². The van der Waals surface area contributed by atoms with Crippen LogP contribution in [-0.4, -0.2) is 16.0 Å². The number of benzene rings is 1. The largest absolute Gasteiger partial charge is 0.299 e. The summed E-state index contributed by atoms with van der Waals surface area (Å²) in [6, 6.07) is 10.0. The molecule has 0 radical (unpaired) electrons. The molecule has 16 heavy (non-hydrogen) atoms. The van der Waals surface area contributed by atoms with Crippen LogP contribution in [0.1, 0.15) is 17.7 Å². The summed E-state index contributed by atoms with van der Waals surface area (Å²) in [4.78, 5) is 11.5. The van der Waals surface area contributed by atoms with Crippen molar-refractivity contribution in [3.05, 3.63) is 41.6 Å². The molecule has 0 unspecified atom stereocenters. The number of carbonyl (C=O) groups is 1. The van der Waals surface area contributed by atoms with Crippen molar-refractivity contribution in [1.82, 2.24) is 10.2 Å². The maximum Gasteiger partial charge on any atom is 0.137 e. The number of aromatic amines is 1. The fourth-order valence-electron chi connectivity index (χ4n) is 2.18. The molecule has 1 aromatic carbocycles. The van der Waals surface area contributed by atoms with Crippen molar-refractivity contribution in [2.45, 2.75) is 19.3 Å². The summed E-state index contributed by atoms with van der Waals surface area (Å²) in [5, 5.41) is 7.37. The molecular formula is C13H12N2O. The van der Waals surface area contributed by atoms with E-state index in [-0.39, 0.29) is 0 Å². The monoisotopic (exact) mass is 212 g/mol. The second-order valence-corrected chi connectivity index (χ2v) is 4.11. The average Bonchev–Trinajstić information content (AvgIpc) is 2.73. The molecule has 1 aliphatic carbocycles. The van der Waals surface area contributed by atoms with Gasteiger partial charge in [-0.05, 0) is 6.42 Å². The SMILES string of the molecule is O=C1CCc2[nH]nc(-c3ccccc3)c2C1. The van der Waals surface area contributed by atoms with Gasteiger partial charge in [-0.25, -0.2) is 0 Å². The highest BCUT2D eigenvalue weighted by atomic mass is 16.1. The minimum atomic E-state index is 0.311. The molecule has 1 heterocycles. The van der Waals surface area contributed by atoms with E-state index in [1.807, 2.05) is 30.3 Å².